The SMILES string of the molecule is I.NC(=NCCC1CCCCO1)NCCc1ccccc1. The third-order valence-corrected chi connectivity index (χ3v) is 3.57. The first kappa shape index (κ1) is 18.2. The Morgan fingerprint density at radius 3 is 2.81 bits per heavy atom. The van der Waals surface area contributed by atoms with Gasteiger partial charge in [-0.2, -0.15) is 0 Å². The minimum absolute atomic E-state index is 0. The van der Waals surface area contributed by atoms with Crippen molar-refractivity contribution in [1.82, 2.24) is 5.32 Å². The Kier molecular flexibility index (Phi) is 9.41. The van der Waals surface area contributed by atoms with E-state index in [-0.39, 0.29) is 24.0 Å². The van der Waals surface area contributed by atoms with E-state index in [0.717, 1.165) is 39.0 Å². The number of ether oxygens (including phenoxy) is 1. The Hall–Kier alpha value is -0.820. The summed E-state index contributed by atoms with van der Waals surface area (Å²) in [6.07, 6.45) is 5.95. The average Bonchev–Trinajstić information content (AvgIpc) is 2.49. The zero-order valence-electron chi connectivity index (χ0n) is 12.5. The molecule has 0 aromatic heterocycles. The summed E-state index contributed by atoms with van der Waals surface area (Å²) < 4.78 is 5.67. The molecule has 118 valence electrons. The molecule has 1 heterocycles. The third kappa shape index (κ3) is 7.66. The van der Waals surface area contributed by atoms with Crippen LogP contribution in [-0.2, 0) is 11.2 Å². The van der Waals surface area contributed by atoms with Crippen molar-refractivity contribution >= 4 is 29.9 Å². The highest BCUT2D eigenvalue weighted by molar-refractivity contribution is 14.0. The molecule has 0 amide bonds. The normalized spacial score (nSPS) is 18.9. The zero-order chi connectivity index (χ0) is 14.0. The van der Waals surface area contributed by atoms with Gasteiger partial charge in [0.25, 0.3) is 0 Å². The van der Waals surface area contributed by atoms with Crippen LogP contribution >= 0.6 is 24.0 Å². The maximum absolute atomic E-state index is 5.85. The van der Waals surface area contributed by atoms with Crippen molar-refractivity contribution in [3.8, 4) is 0 Å². The topological polar surface area (TPSA) is 59.6 Å². The predicted molar refractivity (Wildman–Crippen MR) is 98.3 cm³/mol. The predicted octanol–water partition coefficient (Wildman–Crippen LogP) is 2.71. The maximum Gasteiger partial charge on any atom is 0.188 e. The Morgan fingerprint density at radius 1 is 1.29 bits per heavy atom. The first-order chi connectivity index (χ1) is 9.84. The van der Waals surface area contributed by atoms with Gasteiger partial charge < -0.3 is 15.8 Å². The quantitative estimate of drug-likeness (QED) is 0.436. The van der Waals surface area contributed by atoms with Gasteiger partial charge in [0.2, 0.25) is 0 Å². The molecule has 3 N–H and O–H groups in total. The molecule has 1 aromatic carbocycles. The zero-order valence-corrected chi connectivity index (χ0v) is 14.8. The van der Waals surface area contributed by atoms with Gasteiger partial charge in [-0.05, 0) is 37.7 Å². The minimum atomic E-state index is 0. The van der Waals surface area contributed by atoms with E-state index in [9.17, 15) is 0 Å². The number of benzene rings is 1. The summed E-state index contributed by atoms with van der Waals surface area (Å²) in [6, 6.07) is 10.4. The van der Waals surface area contributed by atoms with E-state index < -0.39 is 0 Å². The molecular weight excluding hydrogens is 377 g/mol. The van der Waals surface area contributed by atoms with Crippen LogP contribution in [0.15, 0.2) is 35.3 Å². The molecule has 1 aromatic rings. The lowest BCUT2D eigenvalue weighted by atomic mass is 10.1. The van der Waals surface area contributed by atoms with Gasteiger partial charge in [0.1, 0.15) is 0 Å². The third-order valence-electron chi connectivity index (χ3n) is 3.57. The number of rotatable bonds is 6. The van der Waals surface area contributed by atoms with Crippen LogP contribution in [-0.4, -0.2) is 31.8 Å². The number of halogens is 1. The Bertz CT molecular complexity index is 405. The number of guanidine groups is 1. The molecule has 1 saturated heterocycles. The molecule has 0 bridgehead atoms. The molecule has 0 saturated carbocycles. The standard InChI is InChI=1S/C16H25N3O.HI/c17-16(18-11-9-14-6-2-1-3-7-14)19-12-10-15-8-4-5-13-20-15;/h1-3,6-7,15H,4-5,8-13H2,(H3,17,18,19);1H. The second-order valence-corrected chi connectivity index (χ2v) is 5.21. The van der Waals surface area contributed by atoms with E-state index in [2.05, 4.69) is 34.6 Å². The number of hydrogen-bond acceptors (Lipinski definition) is 2. The molecular formula is C16H26IN3O. The fourth-order valence-electron chi connectivity index (χ4n) is 2.40. The smallest absolute Gasteiger partial charge is 0.188 e. The average molecular weight is 403 g/mol. The number of aliphatic imine (C=N–C) groups is 1. The Labute approximate surface area is 144 Å². The summed E-state index contributed by atoms with van der Waals surface area (Å²) in [5, 5.41) is 3.16. The van der Waals surface area contributed by atoms with Crippen LogP contribution in [0.4, 0.5) is 0 Å². The van der Waals surface area contributed by atoms with Crippen molar-refractivity contribution in [2.45, 2.75) is 38.2 Å². The summed E-state index contributed by atoms with van der Waals surface area (Å²) in [4.78, 5) is 4.35. The van der Waals surface area contributed by atoms with Crippen molar-refractivity contribution in [1.29, 1.82) is 0 Å². The van der Waals surface area contributed by atoms with E-state index in [1.54, 1.807) is 0 Å². The lowest BCUT2D eigenvalue weighted by Crippen LogP contribution is -2.33. The molecule has 1 fully saturated rings. The van der Waals surface area contributed by atoms with Crippen molar-refractivity contribution in [3.63, 3.8) is 0 Å². The van der Waals surface area contributed by atoms with E-state index in [1.807, 2.05) is 6.07 Å². The molecule has 4 nitrogen and oxygen atoms in total. The van der Waals surface area contributed by atoms with Gasteiger partial charge in [-0.15, -0.1) is 24.0 Å². The summed E-state index contributed by atoms with van der Waals surface area (Å²) in [7, 11) is 0. The molecule has 0 radical (unpaired) electrons. The van der Waals surface area contributed by atoms with Crippen LogP contribution in [0.2, 0.25) is 0 Å². The lowest BCUT2D eigenvalue weighted by molar-refractivity contribution is 0.0129. The van der Waals surface area contributed by atoms with Crippen molar-refractivity contribution in [3.05, 3.63) is 35.9 Å². The van der Waals surface area contributed by atoms with Crippen LogP contribution in [0.3, 0.4) is 0 Å². The number of nitrogens with zero attached hydrogens (tertiary/aromatic N) is 1. The Morgan fingerprint density at radius 2 is 2.10 bits per heavy atom. The molecule has 0 spiro atoms. The summed E-state index contributed by atoms with van der Waals surface area (Å²) in [5.74, 6) is 0.539. The van der Waals surface area contributed by atoms with E-state index >= 15 is 0 Å². The molecule has 5 heteroatoms. The number of nitrogens with two attached hydrogens (primary N) is 1. The van der Waals surface area contributed by atoms with Gasteiger partial charge in [-0.3, -0.25) is 4.99 Å². The Balaban J connectivity index is 0.00000220. The second kappa shape index (κ2) is 10.8. The fourth-order valence-corrected chi connectivity index (χ4v) is 2.40. The van der Waals surface area contributed by atoms with Crippen LogP contribution in [0.1, 0.15) is 31.2 Å². The van der Waals surface area contributed by atoms with Crippen LogP contribution in [0.5, 0.6) is 0 Å². The summed E-state index contributed by atoms with van der Waals surface area (Å²) >= 11 is 0. The summed E-state index contributed by atoms with van der Waals surface area (Å²) in [6.45, 7) is 2.47. The van der Waals surface area contributed by atoms with E-state index in [4.69, 9.17) is 10.5 Å². The van der Waals surface area contributed by atoms with Gasteiger partial charge in [0.15, 0.2) is 5.96 Å². The molecule has 1 aliphatic heterocycles. The van der Waals surface area contributed by atoms with Gasteiger partial charge in [0, 0.05) is 19.7 Å². The minimum Gasteiger partial charge on any atom is -0.378 e. The molecule has 1 unspecified atom stereocenters. The maximum atomic E-state index is 5.85. The number of hydrogen-bond donors (Lipinski definition) is 2. The summed E-state index contributed by atoms with van der Waals surface area (Å²) in [5.41, 5.74) is 7.16. The number of nitrogens with one attached hydrogen (secondary N) is 1. The monoisotopic (exact) mass is 403 g/mol. The highest BCUT2D eigenvalue weighted by Crippen LogP contribution is 2.15. The first-order valence-corrected chi connectivity index (χ1v) is 7.54. The largest absolute Gasteiger partial charge is 0.378 e. The van der Waals surface area contributed by atoms with Crippen LogP contribution in [0.25, 0.3) is 0 Å². The first-order valence-electron chi connectivity index (χ1n) is 7.54. The molecule has 2 rings (SSSR count). The van der Waals surface area contributed by atoms with Crippen molar-refractivity contribution in [2.75, 3.05) is 19.7 Å². The second-order valence-electron chi connectivity index (χ2n) is 5.21. The molecule has 0 aliphatic carbocycles. The lowest BCUT2D eigenvalue weighted by Gasteiger charge is -2.21. The van der Waals surface area contributed by atoms with E-state index in [1.165, 1.54) is 18.4 Å². The van der Waals surface area contributed by atoms with Crippen molar-refractivity contribution < 1.29 is 4.74 Å². The van der Waals surface area contributed by atoms with Crippen molar-refractivity contribution in [2.24, 2.45) is 10.7 Å². The van der Waals surface area contributed by atoms with Gasteiger partial charge in [-0.1, -0.05) is 30.3 Å². The highest BCUT2D eigenvalue weighted by Gasteiger charge is 2.12. The van der Waals surface area contributed by atoms with Crippen LogP contribution < -0.4 is 11.1 Å². The molecule has 1 atom stereocenters. The van der Waals surface area contributed by atoms with Crippen LogP contribution in [0, 0.1) is 0 Å². The van der Waals surface area contributed by atoms with Gasteiger partial charge >= 0.3 is 0 Å². The highest BCUT2D eigenvalue weighted by atomic mass is 127. The molecule has 1 aliphatic rings. The molecule has 21 heavy (non-hydrogen) atoms. The van der Waals surface area contributed by atoms with E-state index in [0.29, 0.717) is 12.1 Å². The fraction of sp³-hybridized carbons (Fsp3) is 0.562. The van der Waals surface area contributed by atoms with Gasteiger partial charge in [-0.25, -0.2) is 0 Å². The van der Waals surface area contributed by atoms with Gasteiger partial charge in [0.05, 0.1) is 6.10 Å².